The molecular formula is C20H14N4O4. The van der Waals surface area contributed by atoms with Crippen LogP contribution in [0, 0.1) is 0 Å². The average molecular weight is 374 g/mol. The number of H-pyrrole nitrogens is 1. The van der Waals surface area contributed by atoms with Crippen molar-refractivity contribution in [2.24, 2.45) is 0 Å². The summed E-state index contributed by atoms with van der Waals surface area (Å²) < 4.78 is 0.512. The highest BCUT2D eigenvalue weighted by atomic mass is 16.5. The zero-order chi connectivity index (χ0) is 19.4. The number of rotatable bonds is 0. The highest BCUT2D eigenvalue weighted by molar-refractivity contribution is 5.88. The summed E-state index contributed by atoms with van der Waals surface area (Å²) >= 11 is 0. The number of nitrogens with zero attached hydrogens (tertiary/aromatic N) is 3. The first kappa shape index (κ1) is 16.0. The Morgan fingerprint density at radius 2 is 1.32 bits per heavy atom. The summed E-state index contributed by atoms with van der Waals surface area (Å²) in [6.07, 6.45) is 6.72. The van der Waals surface area contributed by atoms with Crippen molar-refractivity contribution in [1.82, 2.24) is 19.7 Å². The Hall–Kier alpha value is -4.20. The van der Waals surface area contributed by atoms with E-state index in [1.54, 1.807) is 30.4 Å². The van der Waals surface area contributed by atoms with Crippen LogP contribution in [0.5, 0.6) is 17.2 Å². The third kappa shape index (κ3) is 2.39. The van der Waals surface area contributed by atoms with Crippen LogP contribution in [0.25, 0.3) is 46.4 Å². The second-order valence-corrected chi connectivity index (χ2v) is 6.44. The van der Waals surface area contributed by atoms with Crippen LogP contribution in [-0.2, 0) is 0 Å². The minimum Gasteiger partial charge on any atom is -0.504 e. The van der Waals surface area contributed by atoms with Gasteiger partial charge in [-0.15, -0.1) is 0 Å². The summed E-state index contributed by atoms with van der Waals surface area (Å²) in [6.45, 7) is 0. The molecular weight excluding hydrogens is 360 g/mol. The number of nitrogens with one attached hydrogen (secondary N) is 1. The fourth-order valence-corrected chi connectivity index (χ4v) is 3.22. The molecule has 28 heavy (non-hydrogen) atoms. The van der Waals surface area contributed by atoms with E-state index in [1.807, 2.05) is 18.2 Å². The Balaban J connectivity index is 1.97. The lowest BCUT2D eigenvalue weighted by Gasteiger charge is -1.98. The SMILES string of the molecule is Oc1c(O)c2c(O)c3nc(cc4ccc(cc5nc(cc1n2O)C=C5)[nH]4)C=C3. The number of fused-ring (bicyclic) bond motifs is 8. The molecule has 5 N–H and O–H groups in total. The van der Waals surface area contributed by atoms with Gasteiger partial charge in [-0.25, -0.2) is 9.97 Å². The lowest BCUT2D eigenvalue weighted by molar-refractivity contribution is 0.208. The van der Waals surface area contributed by atoms with E-state index in [0.29, 0.717) is 21.8 Å². The maximum Gasteiger partial charge on any atom is 0.191 e. The number of aromatic nitrogens is 4. The number of aromatic hydroxyl groups is 3. The molecule has 0 fully saturated rings. The minimum absolute atomic E-state index is 0.115. The van der Waals surface area contributed by atoms with Gasteiger partial charge in [0.05, 0.1) is 17.1 Å². The largest absolute Gasteiger partial charge is 0.504 e. The summed E-state index contributed by atoms with van der Waals surface area (Å²) in [4.78, 5) is 11.9. The molecule has 0 radical (unpaired) electrons. The molecule has 3 aromatic heterocycles. The highest BCUT2D eigenvalue weighted by Crippen LogP contribution is 2.41. The minimum atomic E-state index is -0.656. The maximum atomic E-state index is 10.6. The second-order valence-electron chi connectivity index (χ2n) is 6.44. The molecule has 8 bridgehead atoms. The zero-order valence-electron chi connectivity index (χ0n) is 14.3. The molecule has 0 amide bonds. The molecule has 0 saturated carbocycles. The molecule has 0 atom stereocenters. The summed E-state index contributed by atoms with van der Waals surface area (Å²) in [5.41, 5.74) is 3.03. The Labute approximate surface area is 157 Å². The molecule has 5 rings (SSSR count). The molecule has 3 aromatic rings. The van der Waals surface area contributed by atoms with Crippen LogP contribution in [0.2, 0.25) is 0 Å². The molecule has 0 saturated heterocycles. The number of hydrogen-bond acceptors (Lipinski definition) is 6. The van der Waals surface area contributed by atoms with Gasteiger partial charge < -0.3 is 25.5 Å². The van der Waals surface area contributed by atoms with Crippen molar-refractivity contribution < 1.29 is 20.5 Å². The molecule has 0 unspecified atom stereocenters. The first-order valence-corrected chi connectivity index (χ1v) is 8.43. The van der Waals surface area contributed by atoms with E-state index in [2.05, 4.69) is 15.0 Å². The van der Waals surface area contributed by atoms with E-state index >= 15 is 0 Å². The van der Waals surface area contributed by atoms with Gasteiger partial charge in [0.25, 0.3) is 0 Å². The Bertz CT molecular complexity index is 1360. The summed E-state index contributed by atoms with van der Waals surface area (Å²) in [5.74, 6) is -1.71. The van der Waals surface area contributed by atoms with Gasteiger partial charge >= 0.3 is 0 Å². The van der Waals surface area contributed by atoms with E-state index in [1.165, 1.54) is 6.07 Å². The third-order valence-electron chi connectivity index (χ3n) is 4.57. The van der Waals surface area contributed by atoms with Crippen LogP contribution < -0.4 is 0 Å². The number of aromatic amines is 1. The Morgan fingerprint density at radius 3 is 2.04 bits per heavy atom. The predicted octanol–water partition coefficient (Wildman–Crippen LogP) is 3.48. The lowest BCUT2D eigenvalue weighted by Crippen LogP contribution is -1.90. The number of hydrogen-bond donors (Lipinski definition) is 5. The van der Waals surface area contributed by atoms with Crippen LogP contribution in [0.4, 0.5) is 0 Å². The summed E-state index contributed by atoms with van der Waals surface area (Å²) in [5, 5.41) is 41.5. The topological polar surface area (TPSA) is 127 Å². The monoisotopic (exact) mass is 374 g/mol. The first-order valence-electron chi connectivity index (χ1n) is 8.43. The van der Waals surface area contributed by atoms with Gasteiger partial charge in [-0.1, -0.05) is 0 Å². The molecule has 2 aliphatic heterocycles. The highest BCUT2D eigenvalue weighted by Gasteiger charge is 2.20. The van der Waals surface area contributed by atoms with Crippen LogP contribution in [0.3, 0.4) is 0 Å². The van der Waals surface area contributed by atoms with Crippen molar-refractivity contribution >= 4 is 46.4 Å². The van der Waals surface area contributed by atoms with Crippen molar-refractivity contribution in [2.75, 3.05) is 0 Å². The van der Waals surface area contributed by atoms with Gasteiger partial charge in [-0.05, 0) is 54.6 Å². The van der Waals surface area contributed by atoms with Crippen LogP contribution in [-0.4, -0.2) is 40.2 Å². The smallest absolute Gasteiger partial charge is 0.191 e. The molecule has 2 aliphatic rings. The normalized spacial score (nSPS) is 12.6. The van der Waals surface area contributed by atoms with Crippen LogP contribution in [0.15, 0.2) is 30.3 Å². The fraction of sp³-hybridized carbons (Fsp3) is 0. The van der Waals surface area contributed by atoms with E-state index in [9.17, 15) is 20.5 Å². The van der Waals surface area contributed by atoms with Crippen molar-refractivity contribution in [3.8, 4) is 17.2 Å². The van der Waals surface area contributed by atoms with Crippen molar-refractivity contribution in [3.05, 3.63) is 53.1 Å². The first-order chi connectivity index (χ1) is 13.5. The summed E-state index contributed by atoms with van der Waals surface area (Å²) in [7, 11) is 0. The standard InChI is InChI=1S/C20H14N4O4/c25-18-15-6-5-13(23-15)8-12-2-1-10(21-12)7-11-3-4-14(22-11)9-16-19(26)20(27)17(18)24(16)28/h1-9,21,25-28H. The second kappa shape index (κ2) is 5.65. The molecule has 5 heterocycles. The van der Waals surface area contributed by atoms with Crippen molar-refractivity contribution in [1.29, 1.82) is 0 Å². The lowest BCUT2D eigenvalue weighted by atomic mass is 10.3. The quantitative estimate of drug-likeness (QED) is 0.264. The third-order valence-corrected chi connectivity index (χ3v) is 4.57. The van der Waals surface area contributed by atoms with Gasteiger partial charge in [0, 0.05) is 11.0 Å². The predicted molar refractivity (Wildman–Crippen MR) is 105 cm³/mol. The van der Waals surface area contributed by atoms with Crippen molar-refractivity contribution in [3.63, 3.8) is 0 Å². The van der Waals surface area contributed by atoms with Gasteiger partial charge in [0.1, 0.15) is 11.2 Å². The zero-order valence-corrected chi connectivity index (χ0v) is 14.3. The molecule has 8 nitrogen and oxygen atoms in total. The molecule has 0 aliphatic carbocycles. The molecule has 0 aromatic carbocycles. The van der Waals surface area contributed by atoms with E-state index in [4.69, 9.17) is 0 Å². The van der Waals surface area contributed by atoms with Gasteiger partial charge in [-0.3, -0.25) is 0 Å². The maximum absolute atomic E-state index is 10.6. The molecule has 138 valence electrons. The van der Waals surface area contributed by atoms with E-state index in [-0.39, 0.29) is 16.7 Å². The molecule has 0 spiro atoms. The van der Waals surface area contributed by atoms with Gasteiger partial charge in [-0.2, -0.15) is 4.73 Å². The fourth-order valence-electron chi connectivity index (χ4n) is 3.22. The average Bonchev–Trinajstić information content (AvgIpc) is 3.43. The van der Waals surface area contributed by atoms with Gasteiger partial charge in [0.15, 0.2) is 22.8 Å². The van der Waals surface area contributed by atoms with Crippen molar-refractivity contribution in [2.45, 2.75) is 0 Å². The van der Waals surface area contributed by atoms with Crippen LogP contribution >= 0.6 is 0 Å². The Kier molecular flexibility index (Phi) is 3.23. The van der Waals surface area contributed by atoms with Gasteiger partial charge in [0.2, 0.25) is 0 Å². The molecule has 8 heteroatoms. The van der Waals surface area contributed by atoms with Crippen LogP contribution in [0.1, 0.15) is 22.8 Å². The summed E-state index contributed by atoms with van der Waals surface area (Å²) in [6, 6.07) is 8.84. The van der Waals surface area contributed by atoms with E-state index < -0.39 is 17.2 Å². The Morgan fingerprint density at radius 1 is 0.714 bits per heavy atom. The van der Waals surface area contributed by atoms with E-state index in [0.717, 1.165) is 11.0 Å².